The lowest BCUT2D eigenvalue weighted by atomic mass is 9.96. The lowest BCUT2D eigenvalue weighted by Gasteiger charge is -2.32. The predicted octanol–water partition coefficient (Wildman–Crippen LogP) is 3.22. The summed E-state index contributed by atoms with van der Waals surface area (Å²) in [4.78, 5) is 15.0. The fourth-order valence-corrected chi connectivity index (χ4v) is 6.06. The summed E-state index contributed by atoms with van der Waals surface area (Å²) in [5.41, 5.74) is 0.701. The van der Waals surface area contributed by atoms with Crippen molar-refractivity contribution in [2.75, 3.05) is 19.6 Å². The third kappa shape index (κ3) is 6.58. The smallest absolute Gasteiger partial charge is 0.250 e. The van der Waals surface area contributed by atoms with Gasteiger partial charge in [-0.1, -0.05) is 38.1 Å². The summed E-state index contributed by atoms with van der Waals surface area (Å²) < 4.78 is 41.6. The molecule has 1 saturated heterocycles. The molecule has 0 bridgehead atoms. The highest BCUT2D eigenvalue weighted by Crippen LogP contribution is 2.20. The van der Waals surface area contributed by atoms with Crippen LogP contribution in [0.25, 0.3) is 0 Å². The maximum atomic E-state index is 13.9. The first kappa shape index (κ1) is 23.8. The van der Waals surface area contributed by atoms with Crippen molar-refractivity contribution in [3.8, 4) is 0 Å². The molecule has 0 aliphatic carbocycles. The van der Waals surface area contributed by atoms with Gasteiger partial charge in [0.2, 0.25) is 5.91 Å². The van der Waals surface area contributed by atoms with E-state index in [4.69, 9.17) is 0 Å². The highest BCUT2D eigenvalue weighted by atomic mass is 32.2. The van der Waals surface area contributed by atoms with Crippen molar-refractivity contribution in [1.29, 1.82) is 0 Å². The van der Waals surface area contributed by atoms with Crippen LogP contribution in [0, 0.1) is 17.7 Å². The van der Waals surface area contributed by atoms with E-state index in [1.165, 1.54) is 12.1 Å². The topological polar surface area (TPSA) is 78.5 Å². The predicted molar refractivity (Wildman–Crippen MR) is 121 cm³/mol. The van der Waals surface area contributed by atoms with Crippen LogP contribution < -0.4 is 10.0 Å². The SMILES string of the molecule is CC(C)[C@@H](NS(=O)(=O)c1cccs1)C(=O)NCC1CCN(Cc2ccccc2F)CC1. The van der Waals surface area contributed by atoms with Crippen LogP contribution in [0.3, 0.4) is 0 Å². The Morgan fingerprint density at radius 2 is 1.90 bits per heavy atom. The van der Waals surface area contributed by atoms with Gasteiger partial charge < -0.3 is 5.32 Å². The van der Waals surface area contributed by atoms with Crippen LogP contribution in [0.15, 0.2) is 46.0 Å². The third-order valence-corrected chi connectivity index (χ3v) is 8.45. The number of hydrogen-bond acceptors (Lipinski definition) is 5. The summed E-state index contributed by atoms with van der Waals surface area (Å²) in [6, 6.07) is 9.20. The molecular weight excluding hydrogens is 437 g/mol. The maximum absolute atomic E-state index is 13.9. The number of thiophene rings is 1. The molecule has 6 nitrogen and oxygen atoms in total. The number of piperidine rings is 1. The fraction of sp³-hybridized carbons (Fsp3) is 0.500. The highest BCUT2D eigenvalue weighted by Gasteiger charge is 2.29. The molecule has 1 atom stereocenters. The molecule has 1 amide bonds. The number of nitrogens with zero attached hydrogens (tertiary/aromatic N) is 1. The molecule has 0 unspecified atom stereocenters. The van der Waals surface area contributed by atoms with Gasteiger partial charge in [-0.05, 0) is 55.3 Å². The normalized spacial score (nSPS) is 17.0. The van der Waals surface area contributed by atoms with Gasteiger partial charge in [0.1, 0.15) is 16.1 Å². The van der Waals surface area contributed by atoms with Gasteiger partial charge in [0.25, 0.3) is 10.0 Å². The van der Waals surface area contributed by atoms with Crippen LogP contribution in [0.4, 0.5) is 4.39 Å². The van der Waals surface area contributed by atoms with Crippen molar-refractivity contribution < 1.29 is 17.6 Å². The van der Waals surface area contributed by atoms with Gasteiger partial charge in [-0.2, -0.15) is 4.72 Å². The molecule has 3 rings (SSSR count). The Kier molecular flexibility index (Phi) is 8.21. The zero-order valence-corrected chi connectivity index (χ0v) is 19.5. The lowest BCUT2D eigenvalue weighted by Crippen LogP contribution is -2.50. The van der Waals surface area contributed by atoms with Gasteiger partial charge in [0, 0.05) is 18.7 Å². The van der Waals surface area contributed by atoms with Crippen molar-refractivity contribution in [2.24, 2.45) is 11.8 Å². The fourth-order valence-electron chi connectivity index (χ4n) is 3.71. The minimum Gasteiger partial charge on any atom is -0.354 e. The van der Waals surface area contributed by atoms with E-state index >= 15 is 0 Å². The van der Waals surface area contributed by atoms with Crippen LogP contribution in [0.5, 0.6) is 0 Å². The summed E-state index contributed by atoms with van der Waals surface area (Å²) in [6.45, 7) is 6.42. The van der Waals surface area contributed by atoms with Crippen LogP contribution in [0.1, 0.15) is 32.3 Å². The van der Waals surface area contributed by atoms with Crippen molar-refractivity contribution in [3.63, 3.8) is 0 Å². The summed E-state index contributed by atoms with van der Waals surface area (Å²) >= 11 is 1.12. The van der Waals surface area contributed by atoms with E-state index in [-0.39, 0.29) is 21.9 Å². The molecule has 9 heteroatoms. The number of hydrogen-bond donors (Lipinski definition) is 2. The first-order valence-corrected chi connectivity index (χ1v) is 12.9. The van der Waals surface area contributed by atoms with Crippen LogP contribution in [-0.4, -0.2) is 44.9 Å². The van der Waals surface area contributed by atoms with Gasteiger partial charge in [-0.25, -0.2) is 12.8 Å². The van der Waals surface area contributed by atoms with Crippen molar-refractivity contribution in [3.05, 3.63) is 53.2 Å². The van der Waals surface area contributed by atoms with Gasteiger partial charge in [-0.3, -0.25) is 9.69 Å². The minimum atomic E-state index is -3.72. The second-order valence-electron chi connectivity index (χ2n) is 8.33. The van der Waals surface area contributed by atoms with Crippen LogP contribution >= 0.6 is 11.3 Å². The van der Waals surface area contributed by atoms with Crippen LogP contribution in [0.2, 0.25) is 0 Å². The van der Waals surface area contributed by atoms with Crippen molar-refractivity contribution in [1.82, 2.24) is 14.9 Å². The second-order valence-corrected chi connectivity index (χ2v) is 11.2. The average Bonchev–Trinajstić information content (AvgIpc) is 3.29. The van der Waals surface area contributed by atoms with E-state index in [2.05, 4.69) is 14.9 Å². The molecule has 170 valence electrons. The zero-order valence-electron chi connectivity index (χ0n) is 17.9. The zero-order chi connectivity index (χ0) is 22.4. The average molecular weight is 468 g/mol. The molecule has 0 saturated carbocycles. The quantitative estimate of drug-likeness (QED) is 0.594. The Hall–Kier alpha value is -1.81. The van der Waals surface area contributed by atoms with E-state index in [0.717, 1.165) is 37.3 Å². The molecule has 31 heavy (non-hydrogen) atoms. The van der Waals surface area contributed by atoms with E-state index in [1.807, 2.05) is 26.0 Å². The lowest BCUT2D eigenvalue weighted by molar-refractivity contribution is -0.123. The molecule has 1 aromatic carbocycles. The third-order valence-electron chi connectivity index (χ3n) is 5.62. The maximum Gasteiger partial charge on any atom is 0.250 e. The Bertz CT molecular complexity index is 956. The number of halogens is 1. The number of carbonyl (C=O) groups is 1. The summed E-state index contributed by atoms with van der Waals surface area (Å²) in [6.07, 6.45) is 1.81. The van der Waals surface area contributed by atoms with Gasteiger partial charge >= 0.3 is 0 Å². The van der Waals surface area contributed by atoms with Gasteiger partial charge in [0.05, 0.1) is 0 Å². The molecule has 1 aliphatic heterocycles. The Labute approximate surface area is 187 Å². The van der Waals surface area contributed by atoms with E-state index in [0.29, 0.717) is 24.6 Å². The standard InChI is InChI=1S/C22H30FN3O3S2/c1-16(2)21(25-31(28,29)20-8-5-13-30-20)22(27)24-14-17-9-11-26(12-10-17)15-18-6-3-4-7-19(18)23/h3-8,13,16-17,21,25H,9-12,14-15H2,1-2H3,(H,24,27)/t21-/m1/s1. The highest BCUT2D eigenvalue weighted by molar-refractivity contribution is 7.91. The molecule has 0 radical (unpaired) electrons. The summed E-state index contributed by atoms with van der Waals surface area (Å²) in [7, 11) is -3.72. The molecule has 1 fully saturated rings. The number of rotatable bonds is 9. The van der Waals surface area contributed by atoms with Crippen LogP contribution in [-0.2, 0) is 21.4 Å². The molecule has 2 heterocycles. The largest absolute Gasteiger partial charge is 0.354 e. The van der Waals surface area contributed by atoms with Crippen molar-refractivity contribution in [2.45, 2.75) is 43.5 Å². The molecule has 1 aliphatic rings. The molecular formula is C22H30FN3O3S2. The minimum absolute atomic E-state index is 0.179. The van der Waals surface area contributed by atoms with Crippen molar-refractivity contribution >= 4 is 27.3 Å². The number of likely N-dealkylation sites (tertiary alicyclic amines) is 1. The number of sulfonamides is 1. The summed E-state index contributed by atoms with van der Waals surface area (Å²) in [5.74, 6) is -0.342. The first-order chi connectivity index (χ1) is 14.8. The van der Waals surface area contributed by atoms with Gasteiger partial charge in [0.15, 0.2) is 0 Å². The van der Waals surface area contributed by atoms with Gasteiger partial charge in [-0.15, -0.1) is 11.3 Å². The summed E-state index contributed by atoms with van der Waals surface area (Å²) in [5, 5.41) is 4.63. The number of benzene rings is 1. The molecule has 1 aromatic heterocycles. The number of amides is 1. The first-order valence-electron chi connectivity index (χ1n) is 10.6. The van der Waals surface area contributed by atoms with E-state index in [9.17, 15) is 17.6 Å². The second kappa shape index (κ2) is 10.7. The monoisotopic (exact) mass is 467 g/mol. The molecule has 0 spiro atoms. The number of nitrogens with one attached hydrogen (secondary N) is 2. The Morgan fingerprint density at radius 3 is 2.52 bits per heavy atom. The van der Waals surface area contributed by atoms with E-state index < -0.39 is 16.1 Å². The van der Waals surface area contributed by atoms with E-state index in [1.54, 1.807) is 17.5 Å². The molecule has 2 aromatic rings. The Balaban J connectivity index is 1.48. The number of carbonyl (C=O) groups excluding carboxylic acids is 1. The molecule has 2 N–H and O–H groups in total. The Morgan fingerprint density at radius 1 is 1.19 bits per heavy atom.